The monoisotopic (exact) mass is 430 g/mol. The molecule has 0 amide bonds. The molecule has 0 aromatic heterocycles. The summed E-state index contributed by atoms with van der Waals surface area (Å²) >= 11 is 0. The van der Waals surface area contributed by atoms with Crippen molar-refractivity contribution in [3.05, 3.63) is 54.6 Å². The third-order valence-electron chi connectivity index (χ3n) is 5.36. The number of para-hydroxylation sites is 2. The fourth-order valence-corrected chi connectivity index (χ4v) is 5.23. The molecule has 2 aromatic carbocycles. The van der Waals surface area contributed by atoms with Gasteiger partial charge in [-0.2, -0.15) is 0 Å². The van der Waals surface area contributed by atoms with Gasteiger partial charge >= 0.3 is 0 Å². The normalized spacial score (nSPS) is 16.4. The van der Waals surface area contributed by atoms with E-state index in [1.54, 1.807) is 37.4 Å². The summed E-state index contributed by atoms with van der Waals surface area (Å²) in [6.45, 7) is 4.93. The van der Waals surface area contributed by atoms with Gasteiger partial charge in [0, 0.05) is 39.3 Å². The number of phenols is 1. The predicted octanol–water partition coefficient (Wildman–Crippen LogP) is 2.34. The molecule has 1 aliphatic rings. The van der Waals surface area contributed by atoms with E-state index in [9.17, 15) is 13.5 Å². The number of sulfone groups is 1. The Kier molecular flexibility index (Phi) is 7.20. The maximum Gasteiger partial charge on any atom is 0.194 e. The van der Waals surface area contributed by atoms with Crippen LogP contribution >= 0.6 is 0 Å². The Morgan fingerprint density at radius 1 is 1.07 bits per heavy atom. The molecule has 1 atom stereocenters. The van der Waals surface area contributed by atoms with Crippen LogP contribution in [0, 0.1) is 0 Å². The van der Waals surface area contributed by atoms with E-state index in [0.29, 0.717) is 17.3 Å². The fourth-order valence-electron chi connectivity index (χ4n) is 3.62. The van der Waals surface area contributed by atoms with E-state index in [2.05, 4.69) is 20.1 Å². The number of piperazine rings is 1. The third-order valence-corrected chi connectivity index (χ3v) is 7.19. The number of hydrogen-bond acceptors (Lipinski definition) is 5. The number of aromatic hydroxyl groups is 1. The lowest BCUT2D eigenvalue weighted by molar-refractivity contribution is 0.364. The van der Waals surface area contributed by atoms with Gasteiger partial charge in [-0.25, -0.2) is 8.42 Å². The largest absolute Gasteiger partial charge is 0.506 e. The Labute approximate surface area is 179 Å². The van der Waals surface area contributed by atoms with E-state index in [-0.39, 0.29) is 17.5 Å². The molecule has 1 unspecified atom stereocenters. The van der Waals surface area contributed by atoms with Crippen molar-refractivity contribution < 1.29 is 13.5 Å². The van der Waals surface area contributed by atoms with Crippen molar-refractivity contribution in [2.24, 2.45) is 4.99 Å². The lowest BCUT2D eigenvalue weighted by atomic mass is 10.2. The van der Waals surface area contributed by atoms with Crippen LogP contribution in [0.3, 0.4) is 0 Å². The molecule has 0 spiro atoms. The minimum atomic E-state index is -3.38. The van der Waals surface area contributed by atoms with Crippen molar-refractivity contribution in [2.75, 3.05) is 43.9 Å². The van der Waals surface area contributed by atoms with Crippen molar-refractivity contribution in [1.82, 2.24) is 10.2 Å². The molecular weight excluding hydrogens is 400 g/mol. The summed E-state index contributed by atoms with van der Waals surface area (Å²) in [6, 6.07) is 15.7. The molecule has 30 heavy (non-hydrogen) atoms. The zero-order valence-corrected chi connectivity index (χ0v) is 18.3. The highest BCUT2D eigenvalue weighted by Crippen LogP contribution is 2.27. The highest BCUT2D eigenvalue weighted by molar-refractivity contribution is 7.91. The van der Waals surface area contributed by atoms with E-state index in [1.807, 2.05) is 31.2 Å². The summed E-state index contributed by atoms with van der Waals surface area (Å²) in [5.74, 6) is 1.01. The number of anilines is 1. The summed E-state index contributed by atoms with van der Waals surface area (Å²) < 4.78 is 25.5. The highest BCUT2D eigenvalue weighted by atomic mass is 32.2. The average molecular weight is 431 g/mol. The molecule has 1 fully saturated rings. The van der Waals surface area contributed by atoms with Gasteiger partial charge in [-0.05, 0) is 30.7 Å². The molecule has 162 valence electrons. The van der Waals surface area contributed by atoms with Gasteiger partial charge in [0.2, 0.25) is 0 Å². The second kappa shape index (κ2) is 9.84. The number of hydrogen-bond donors (Lipinski definition) is 2. The molecule has 0 radical (unpaired) electrons. The average Bonchev–Trinajstić information content (AvgIpc) is 2.77. The Bertz CT molecular complexity index is 955. The van der Waals surface area contributed by atoms with Crippen molar-refractivity contribution in [3.63, 3.8) is 0 Å². The molecule has 3 rings (SSSR count). The van der Waals surface area contributed by atoms with Gasteiger partial charge in [-0.1, -0.05) is 37.3 Å². The first-order valence-corrected chi connectivity index (χ1v) is 11.9. The van der Waals surface area contributed by atoms with Crippen LogP contribution < -0.4 is 10.2 Å². The van der Waals surface area contributed by atoms with Crippen LogP contribution in [0.5, 0.6) is 5.75 Å². The second-order valence-electron chi connectivity index (χ2n) is 7.35. The van der Waals surface area contributed by atoms with E-state index >= 15 is 0 Å². The quantitative estimate of drug-likeness (QED) is 0.541. The summed E-state index contributed by atoms with van der Waals surface area (Å²) in [7, 11) is -1.66. The number of benzene rings is 2. The van der Waals surface area contributed by atoms with Crippen LogP contribution in [0.15, 0.2) is 64.5 Å². The Morgan fingerprint density at radius 3 is 2.30 bits per heavy atom. The molecule has 0 saturated carbocycles. The standard InChI is InChI=1S/C22H30N4O3S/c1-3-18(17-30(28,29)19-9-5-4-6-10-19)24-22(23-2)26-15-13-25(14-16-26)20-11-7-8-12-21(20)27/h4-12,18,27H,3,13-17H2,1-2H3,(H,23,24). The first-order valence-electron chi connectivity index (χ1n) is 10.2. The number of rotatable bonds is 6. The smallest absolute Gasteiger partial charge is 0.194 e. The number of phenolic OH excluding ortho intramolecular Hbond substituents is 1. The molecule has 7 nitrogen and oxygen atoms in total. The van der Waals surface area contributed by atoms with E-state index in [1.165, 1.54) is 0 Å². The SMILES string of the molecule is CCC(CS(=O)(=O)c1ccccc1)NC(=NC)N1CCN(c2ccccc2O)CC1. The third kappa shape index (κ3) is 5.24. The Balaban J connectivity index is 1.61. The van der Waals surface area contributed by atoms with Gasteiger partial charge in [-0.3, -0.25) is 4.99 Å². The van der Waals surface area contributed by atoms with Crippen LogP contribution in [0.25, 0.3) is 0 Å². The van der Waals surface area contributed by atoms with Crippen molar-refractivity contribution in [1.29, 1.82) is 0 Å². The maximum atomic E-state index is 12.8. The van der Waals surface area contributed by atoms with Crippen LogP contribution in [0.4, 0.5) is 5.69 Å². The van der Waals surface area contributed by atoms with Crippen LogP contribution in [-0.2, 0) is 9.84 Å². The first kappa shape index (κ1) is 22.0. The van der Waals surface area contributed by atoms with Gasteiger partial charge in [0.15, 0.2) is 15.8 Å². The van der Waals surface area contributed by atoms with Crippen molar-refractivity contribution in [2.45, 2.75) is 24.3 Å². The van der Waals surface area contributed by atoms with Gasteiger partial charge in [0.25, 0.3) is 0 Å². The highest BCUT2D eigenvalue weighted by Gasteiger charge is 2.25. The van der Waals surface area contributed by atoms with Gasteiger partial charge < -0.3 is 20.2 Å². The minimum absolute atomic E-state index is 0.0182. The number of aliphatic imine (C=N–C) groups is 1. The topological polar surface area (TPSA) is 85.2 Å². The molecule has 2 aromatic rings. The minimum Gasteiger partial charge on any atom is -0.506 e. The van der Waals surface area contributed by atoms with Crippen LogP contribution in [-0.4, -0.2) is 69.4 Å². The predicted molar refractivity (Wildman–Crippen MR) is 121 cm³/mol. The van der Waals surface area contributed by atoms with E-state index in [4.69, 9.17) is 0 Å². The molecule has 0 aliphatic carbocycles. The van der Waals surface area contributed by atoms with E-state index in [0.717, 1.165) is 31.9 Å². The Morgan fingerprint density at radius 2 is 1.70 bits per heavy atom. The van der Waals surface area contributed by atoms with Crippen LogP contribution in [0.2, 0.25) is 0 Å². The molecule has 8 heteroatoms. The van der Waals surface area contributed by atoms with Gasteiger partial charge in [-0.15, -0.1) is 0 Å². The lowest BCUT2D eigenvalue weighted by Crippen LogP contribution is -2.55. The fraction of sp³-hybridized carbons (Fsp3) is 0.409. The summed E-state index contributed by atoms with van der Waals surface area (Å²) in [5, 5.41) is 13.4. The second-order valence-corrected chi connectivity index (χ2v) is 9.39. The zero-order valence-electron chi connectivity index (χ0n) is 17.5. The maximum absolute atomic E-state index is 12.8. The summed E-state index contributed by atoms with van der Waals surface area (Å²) in [5.41, 5.74) is 0.834. The Hall–Kier alpha value is -2.74. The molecule has 1 saturated heterocycles. The van der Waals surface area contributed by atoms with Gasteiger partial charge in [0.05, 0.1) is 16.3 Å². The number of guanidine groups is 1. The molecular formula is C22H30N4O3S. The van der Waals surface area contributed by atoms with Crippen molar-refractivity contribution >= 4 is 21.5 Å². The first-order chi connectivity index (χ1) is 14.4. The molecule has 1 aliphatic heterocycles. The molecule has 0 bridgehead atoms. The molecule has 2 N–H and O–H groups in total. The lowest BCUT2D eigenvalue weighted by Gasteiger charge is -2.38. The van der Waals surface area contributed by atoms with Gasteiger partial charge in [0.1, 0.15) is 5.75 Å². The number of nitrogens with one attached hydrogen (secondary N) is 1. The van der Waals surface area contributed by atoms with Crippen molar-refractivity contribution in [3.8, 4) is 5.75 Å². The van der Waals surface area contributed by atoms with Crippen LogP contribution in [0.1, 0.15) is 13.3 Å². The summed E-state index contributed by atoms with van der Waals surface area (Å²) in [4.78, 5) is 9.01. The van der Waals surface area contributed by atoms with E-state index < -0.39 is 9.84 Å². The zero-order chi connectivity index (χ0) is 21.6. The summed E-state index contributed by atoms with van der Waals surface area (Å²) in [6.07, 6.45) is 0.670. The number of nitrogens with zero attached hydrogens (tertiary/aromatic N) is 3. The molecule has 1 heterocycles.